The van der Waals surface area contributed by atoms with Gasteiger partial charge in [0.2, 0.25) is 0 Å². The standard InChI is InChI=1S/C17H24F3N3O2.HI/c1-4-21-16(22-7-6-17(18,19)20)23-8-5-12-9-14(24-2)15(25-3)10-13(12)11-23;/h9-10H,4-8,11H2,1-3H3,(H,21,22);1H. The molecule has 0 aliphatic carbocycles. The fourth-order valence-electron chi connectivity index (χ4n) is 2.78. The van der Waals surface area contributed by atoms with Crippen LogP contribution in [0.1, 0.15) is 24.5 Å². The van der Waals surface area contributed by atoms with E-state index in [4.69, 9.17) is 9.47 Å². The molecule has 1 heterocycles. The van der Waals surface area contributed by atoms with Gasteiger partial charge in [0, 0.05) is 19.6 Å². The molecule has 9 heteroatoms. The third-order valence-corrected chi connectivity index (χ3v) is 4.01. The third kappa shape index (κ3) is 6.10. The predicted octanol–water partition coefficient (Wildman–Crippen LogP) is 3.60. The van der Waals surface area contributed by atoms with Crippen molar-refractivity contribution in [3.63, 3.8) is 0 Å². The van der Waals surface area contributed by atoms with Gasteiger partial charge in [-0.15, -0.1) is 24.0 Å². The van der Waals surface area contributed by atoms with E-state index in [-0.39, 0.29) is 30.5 Å². The maximum atomic E-state index is 12.4. The molecule has 1 N–H and O–H groups in total. The molecule has 2 rings (SSSR count). The van der Waals surface area contributed by atoms with Crippen LogP contribution in [0.5, 0.6) is 11.5 Å². The van der Waals surface area contributed by atoms with Crippen LogP contribution < -0.4 is 14.8 Å². The number of nitrogens with one attached hydrogen (secondary N) is 1. The van der Waals surface area contributed by atoms with E-state index in [0.717, 1.165) is 17.5 Å². The molecule has 0 amide bonds. The highest BCUT2D eigenvalue weighted by Crippen LogP contribution is 2.33. The molecular formula is C17H25F3IN3O2. The fourth-order valence-corrected chi connectivity index (χ4v) is 2.78. The number of fused-ring (bicyclic) bond motifs is 1. The lowest BCUT2D eigenvalue weighted by atomic mass is 9.99. The smallest absolute Gasteiger partial charge is 0.390 e. The SMILES string of the molecule is CCNC(=NCCC(F)(F)F)N1CCc2cc(OC)c(OC)cc2C1.I. The zero-order valence-corrected chi connectivity index (χ0v) is 17.5. The van der Waals surface area contributed by atoms with Gasteiger partial charge >= 0.3 is 6.18 Å². The Morgan fingerprint density at radius 1 is 1.19 bits per heavy atom. The lowest BCUT2D eigenvalue weighted by molar-refractivity contribution is -0.132. The van der Waals surface area contributed by atoms with Crippen molar-refractivity contribution < 1.29 is 22.6 Å². The van der Waals surface area contributed by atoms with E-state index in [2.05, 4.69) is 10.3 Å². The van der Waals surface area contributed by atoms with Crippen LogP contribution in [0.2, 0.25) is 0 Å². The Hall–Kier alpha value is -1.39. The molecule has 0 aromatic heterocycles. The molecule has 0 saturated heterocycles. The van der Waals surface area contributed by atoms with E-state index in [9.17, 15) is 13.2 Å². The lowest BCUT2D eigenvalue weighted by Crippen LogP contribution is -2.44. The number of alkyl halides is 3. The number of benzene rings is 1. The number of hydrogen-bond acceptors (Lipinski definition) is 3. The highest BCUT2D eigenvalue weighted by molar-refractivity contribution is 14.0. The second kappa shape index (κ2) is 10.1. The van der Waals surface area contributed by atoms with Crippen LogP contribution in [-0.2, 0) is 13.0 Å². The van der Waals surface area contributed by atoms with Gasteiger partial charge < -0.3 is 19.7 Å². The minimum atomic E-state index is -4.20. The number of rotatable bonds is 5. The van der Waals surface area contributed by atoms with Gasteiger partial charge in [0.15, 0.2) is 17.5 Å². The quantitative estimate of drug-likeness (QED) is 0.392. The molecule has 148 valence electrons. The van der Waals surface area contributed by atoms with Gasteiger partial charge in [0.25, 0.3) is 0 Å². The van der Waals surface area contributed by atoms with Gasteiger partial charge in [-0.2, -0.15) is 13.2 Å². The zero-order chi connectivity index (χ0) is 18.4. The lowest BCUT2D eigenvalue weighted by Gasteiger charge is -2.32. The Bertz CT molecular complexity index is 624. The zero-order valence-electron chi connectivity index (χ0n) is 15.2. The summed E-state index contributed by atoms with van der Waals surface area (Å²) < 4.78 is 47.7. The molecule has 0 unspecified atom stereocenters. The first kappa shape index (κ1) is 22.7. The monoisotopic (exact) mass is 487 g/mol. The maximum absolute atomic E-state index is 12.4. The molecule has 1 aromatic carbocycles. The van der Waals surface area contributed by atoms with Crippen LogP contribution in [0.3, 0.4) is 0 Å². The number of aliphatic imine (C=N–C) groups is 1. The topological polar surface area (TPSA) is 46.1 Å². The third-order valence-electron chi connectivity index (χ3n) is 4.01. The molecule has 0 saturated carbocycles. The number of halogens is 4. The van der Waals surface area contributed by atoms with E-state index in [0.29, 0.717) is 37.1 Å². The highest BCUT2D eigenvalue weighted by Gasteiger charge is 2.27. The van der Waals surface area contributed by atoms with Crippen LogP contribution in [0.4, 0.5) is 13.2 Å². The first-order valence-corrected chi connectivity index (χ1v) is 8.21. The average Bonchev–Trinajstić information content (AvgIpc) is 2.58. The van der Waals surface area contributed by atoms with Crippen molar-refractivity contribution in [3.8, 4) is 11.5 Å². The Kier molecular flexibility index (Phi) is 8.78. The first-order chi connectivity index (χ1) is 11.9. The fraction of sp³-hybridized carbons (Fsp3) is 0.588. The number of ether oxygens (including phenoxy) is 2. The van der Waals surface area contributed by atoms with Crippen molar-refractivity contribution in [3.05, 3.63) is 23.3 Å². The van der Waals surface area contributed by atoms with Gasteiger partial charge in [0.05, 0.1) is 27.2 Å². The van der Waals surface area contributed by atoms with Crippen molar-refractivity contribution in [1.82, 2.24) is 10.2 Å². The summed E-state index contributed by atoms with van der Waals surface area (Å²) in [4.78, 5) is 6.09. The van der Waals surface area contributed by atoms with Gasteiger partial charge in [-0.3, -0.25) is 4.99 Å². The summed E-state index contributed by atoms with van der Waals surface area (Å²) in [6.07, 6.45) is -4.35. The Balaban J connectivity index is 0.00000338. The Labute approximate surface area is 169 Å². The largest absolute Gasteiger partial charge is 0.493 e. The molecular weight excluding hydrogens is 462 g/mol. The number of nitrogens with zero attached hydrogens (tertiary/aromatic N) is 2. The number of methoxy groups -OCH3 is 2. The predicted molar refractivity (Wildman–Crippen MR) is 106 cm³/mol. The molecule has 0 atom stereocenters. The van der Waals surface area contributed by atoms with Gasteiger partial charge in [-0.05, 0) is 36.6 Å². The van der Waals surface area contributed by atoms with Crippen molar-refractivity contribution in [2.24, 2.45) is 4.99 Å². The highest BCUT2D eigenvalue weighted by atomic mass is 127. The van der Waals surface area contributed by atoms with E-state index < -0.39 is 12.6 Å². The Morgan fingerprint density at radius 2 is 1.81 bits per heavy atom. The first-order valence-electron chi connectivity index (χ1n) is 8.21. The molecule has 0 fully saturated rings. The minimum Gasteiger partial charge on any atom is -0.493 e. The van der Waals surface area contributed by atoms with E-state index in [1.807, 2.05) is 24.0 Å². The van der Waals surface area contributed by atoms with Gasteiger partial charge in [-0.1, -0.05) is 0 Å². The molecule has 1 aromatic rings. The summed E-state index contributed by atoms with van der Waals surface area (Å²) in [5.74, 6) is 1.83. The molecule has 26 heavy (non-hydrogen) atoms. The van der Waals surface area contributed by atoms with E-state index in [1.165, 1.54) is 0 Å². The Morgan fingerprint density at radius 3 is 2.35 bits per heavy atom. The molecule has 0 spiro atoms. The van der Waals surface area contributed by atoms with Crippen molar-refractivity contribution in [2.75, 3.05) is 33.9 Å². The normalized spacial score (nSPS) is 14.4. The number of hydrogen-bond donors (Lipinski definition) is 1. The summed E-state index contributed by atoms with van der Waals surface area (Å²) in [5, 5.41) is 3.07. The van der Waals surface area contributed by atoms with Crippen molar-refractivity contribution in [1.29, 1.82) is 0 Å². The second-order valence-electron chi connectivity index (χ2n) is 5.75. The molecule has 1 aliphatic heterocycles. The van der Waals surface area contributed by atoms with E-state index in [1.54, 1.807) is 14.2 Å². The summed E-state index contributed by atoms with van der Waals surface area (Å²) in [6.45, 7) is 3.46. The number of guanidine groups is 1. The molecule has 0 radical (unpaired) electrons. The van der Waals surface area contributed by atoms with Crippen LogP contribution in [0, 0.1) is 0 Å². The van der Waals surface area contributed by atoms with Crippen molar-refractivity contribution >= 4 is 29.9 Å². The van der Waals surface area contributed by atoms with Gasteiger partial charge in [0.1, 0.15) is 0 Å². The maximum Gasteiger partial charge on any atom is 0.390 e. The molecule has 1 aliphatic rings. The minimum absolute atomic E-state index is 0. The van der Waals surface area contributed by atoms with Crippen LogP contribution in [0.15, 0.2) is 17.1 Å². The van der Waals surface area contributed by atoms with Crippen LogP contribution in [-0.4, -0.2) is 50.9 Å². The summed E-state index contributed by atoms with van der Waals surface area (Å²) >= 11 is 0. The molecule has 0 bridgehead atoms. The van der Waals surface area contributed by atoms with Crippen LogP contribution >= 0.6 is 24.0 Å². The van der Waals surface area contributed by atoms with Crippen LogP contribution in [0.25, 0.3) is 0 Å². The second-order valence-corrected chi connectivity index (χ2v) is 5.75. The summed E-state index contributed by atoms with van der Waals surface area (Å²) in [5.41, 5.74) is 2.21. The summed E-state index contributed by atoms with van der Waals surface area (Å²) in [7, 11) is 3.17. The van der Waals surface area contributed by atoms with E-state index >= 15 is 0 Å². The summed E-state index contributed by atoms with van der Waals surface area (Å²) in [6, 6.07) is 3.87. The molecule has 5 nitrogen and oxygen atoms in total. The average molecular weight is 487 g/mol. The van der Waals surface area contributed by atoms with Gasteiger partial charge in [-0.25, -0.2) is 0 Å². The van der Waals surface area contributed by atoms with Crippen molar-refractivity contribution in [2.45, 2.75) is 32.5 Å².